The number of aliphatic imine (C=N–C) groups is 1. The summed E-state index contributed by atoms with van der Waals surface area (Å²) in [7, 11) is 0. The SMILES string of the molecule is CCCN=C(N)NC1CC(OCC)C1(CC)CC.I. The van der Waals surface area contributed by atoms with Crippen LogP contribution in [0, 0.1) is 5.41 Å². The monoisotopic (exact) mass is 383 g/mol. The van der Waals surface area contributed by atoms with Gasteiger partial charge in [-0.1, -0.05) is 20.8 Å². The van der Waals surface area contributed by atoms with E-state index in [0.29, 0.717) is 18.1 Å². The highest BCUT2D eigenvalue weighted by molar-refractivity contribution is 14.0. The maximum absolute atomic E-state index is 5.92. The summed E-state index contributed by atoms with van der Waals surface area (Å²) in [6.45, 7) is 10.2. The molecule has 1 aliphatic rings. The molecule has 1 saturated carbocycles. The van der Waals surface area contributed by atoms with Gasteiger partial charge in [-0.25, -0.2) is 0 Å². The van der Waals surface area contributed by atoms with Gasteiger partial charge < -0.3 is 15.8 Å². The van der Waals surface area contributed by atoms with Crippen LogP contribution in [0.4, 0.5) is 0 Å². The van der Waals surface area contributed by atoms with Gasteiger partial charge >= 0.3 is 0 Å². The Kier molecular flexibility index (Phi) is 8.98. The Labute approximate surface area is 135 Å². The summed E-state index contributed by atoms with van der Waals surface area (Å²) in [5.41, 5.74) is 6.14. The molecule has 1 aliphatic carbocycles. The van der Waals surface area contributed by atoms with Gasteiger partial charge in [-0.3, -0.25) is 4.99 Å². The van der Waals surface area contributed by atoms with Gasteiger partial charge in [0.15, 0.2) is 5.96 Å². The van der Waals surface area contributed by atoms with E-state index in [4.69, 9.17) is 10.5 Å². The number of nitrogens with one attached hydrogen (secondary N) is 1. The maximum Gasteiger partial charge on any atom is 0.188 e. The minimum Gasteiger partial charge on any atom is -0.378 e. The lowest BCUT2D eigenvalue weighted by Crippen LogP contribution is -2.65. The van der Waals surface area contributed by atoms with Crippen molar-refractivity contribution in [3.8, 4) is 0 Å². The van der Waals surface area contributed by atoms with Crippen molar-refractivity contribution in [3.63, 3.8) is 0 Å². The zero-order valence-electron chi connectivity index (χ0n) is 12.7. The Balaban J connectivity index is 0.00000324. The van der Waals surface area contributed by atoms with Crippen LogP contribution in [0.2, 0.25) is 0 Å². The van der Waals surface area contributed by atoms with Gasteiger partial charge in [0.05, 0.1) is 6.10 Å². The molecule has 2 unspecified atom stereocenters. The molecule has 2 atom stereocenters. The fourth-order valence-electron chi connectivity index (χ4n) is 3.04. The van der Waals surface area contributed by atoms with Crippen LogP contribution >= 0.6 is 24.0 Å². The number of hydrogen-bond acceptors (Lipinski definition) is 2. The lowest BCUT2D eigenvalue weighted by Gasteiger charge is -2.55. The summed E-state index contributed by atoms with van der Waals surface area (Å²) in [5.74, 6) is 0.586. The Morgan fingerprint density at radius 3 is 2.42 bits per heavy atom. The molecule has 0 amide bonds. The predicted molar refractivity (Wildman–Crippen MR) is 92.2 cm³/mol. The van der Waals surface area contributed by atoms with Crippen molar-refractivity contribution >= 4 is 29.9 Å². The Morgan fingerprint density at radius 2 is 1.95 bits per heavy atom. The molecule has 0 saturated heterocycles. The van der Waals surface area contributed by atoms with Gasteiger partial charge in [0.1, 0.15) is 0 Å². The standard InChI is InChI=1S/C14H29N3O.HI/c1-5-9-16-13(15)17-11-10-12(18-8-4)14(11,6-2)7-3;/h11-12H,5-10H2,1-4H3,(H3,15,16,17);1H. The minimum absolute atomic E-state index is 0. The second-order valence-electron chi connectivity index (χ2n) is 5.08. The second-order valence-corrected chi connectivity index (χ2v) is 5.08. The fourth-order valence-corrected chi connectivity index (χ4v) is 3.04. The zero-order chi connectivity index (χ0) is 13.6. The largest absolute Gasteiger partial charge is 0.378 e. The third-order valence-electron chi connectivity index (χ3n) is 4.30. The van der Waals surface area contributed by atoms with E-state index in [-0.39, 0.29) is 29.4 Å². The van der Waals surface area contributed by atoms with Gasteiger partial charge in [0.2, 0.25) is 0 Å². The smallest absolute Gasteiger partial charge is 0.188 e. The summed E-state index contributed by atoms with van der Waals surface area (Å²) < 4.78 is 5.85. The van der Waals surface area contributed by atoms with Crippen LogP contribution in [0.5, 0.6) is 0 Å². The molecule has 0 aromatic heterocycles. The third-order valence-corrected chi connectivity index (χ3v) is 4.30. The summed E-state index contributed by atoms with van der Waals surface area (Å²) in [5, 5.41) is 3.38. The van der Waals surface area contributed by atoms with Crippen molar-refractivity contribution in [3.05, 3.63) is 0 Å². The average molecular weight is 383 g/mol. The molecule has 114 valence electrons. The molecule has 4 nitrogen and oxygen atoms in total. The molecule has 0 spiro atoms. The number of guanidine groups is 1. The molecule has 0 heterocycles. The topological polar surface area (TPSA) is 59.6 Å². The average Bonchev–Trinajstić information content (AvgIpc) is 2.36. The zero-order valence-corrected chi connectivity index (χ0v) is 15.1. The quantitative estimate of drug-likeness (QED) is 0.404. The van der Waals surface area contributed by atoms with E-state index >= 15 is 0 Å². The first-order valence-corrected chi connectivity index (χ1v) is 7.32. The van der Waals surface area contributed by atoms with Crippen LogP contribution in [-0.2, 0) is 4.74 Å². The molecule has 5 heteroatoms. The minimum atomic E-state index is 0. The van der Waals surface area contributed by atoms with Gasteiger partial charge in [-0.15, -0.1) is 24.0 Å². The molecular weight excluding hydrogens is 353 g/mol. The number of nitrogens with zero attached hydrogens (tertiary/aromatic N) is 1. The molecule has 19 heavy (non-hydrogen) atoms. The lowest BCUT2D eigenvalue weighted by molar-refractivity contribution is -0.133. The Morgan fingerprint density at radius 1 is 1.32 bits per heavy atom. The summed E-state index contributed by atoms with van der Waals surface area (Å²) in [6.07, 6.45) is 4.67. The van der Waals surface area contributed by atoms with Gasteiger partial charge in [-0.05, 0) is 32.6 Å². The molecule has 3 N–H and O–H groups in total. The number of hydrogen-bond donors (Lipinski definition) is 2. The van der Waals surface area contributed by atoms with Crippen LogP contribution < -0.4 is 11.1 Å². The van der Waals surface area contributed by atoms with Crippen LogP contribution in [0.3, 0.4) is 0 Å². The van der Waals surface area contributed by atoms with Gasteiger partial charge in [0.25, 0.3) is 0 Å². The van der Waals surface area contributed by atoms with E-state index in [1.807, 2.05) is 0 Å². The maximum atomic E-state index is 5.92. The van der Waals surface area contributed by atoms with Gasteiger partial charge in [0, 0.05) is 24.6 Å². The van der Waals surface area contributed by atoms with E-state index in [9.17, 15) is 0 Å². The normalized spacial score (nSPS) is 25.4. The highest BCUT2D eigenvalue weighted by Gasteiger charge is 2.53. The Hall–Kier alpha value is -0.0400. The van der Waals surface area contributed by atoms with Crippen molar-refractivity contribution in [2.75, 3.05) is 13.2 Å². The molecule has 1 fully saturated rings. The van der Waals surface area contributed by atoms with E-state index in [0.717, 1.165) is 38.8 Å². The first-order valence-electron chi connectivity index (χ1n) is 7.32. The molecule has 1 rings (SSSR count). The van der Waals surface area contributed by atoms with Crippen molar-refractivity contribution in [1.29, 1.82) is 0 Å². The molecule has 0 radical (unpaired) electrons. The second kappa shape index (κ2) is 9.00. The van der Waals surface area contributed by atoms with E-state index in [1.165, 1.54) is 0 Å². The summed E-state index contributed by atoms with van der Waals surface area (Å²) in [6, 6.07) is 0.407. The number of rotatable bonds is 7. The highest BCUT2D eigenvalue weighted by atomic mass is 127. The van der Waals surface area contributed by atoms with Crippen molar-refractivity contribution in [2.45, 2.75) is 65.5 Å². The third kappa shape index (κ3) is 4.21. The first-order chi connectivity index (χ1) is 8.64. The molecular formula is C14H30IN3O. The molecule has 0 aromatic carbocycles. The summed E-state index contributed by atoms with van der Waals surface area (Å²) in [4.78, 5) is 4.31. The predicted octanol–water partition coefficient (Wildman–Crippen LogP) is 2.90. The Bertz CT molecular complexity index is 280. The lowest BCUT2D eigenvalue weighted by atomic mass is 9.58. The highest BCUT2D eigenvalue weighted by Crippen LogP contribution is 2.48. The van der Waals surface area contributed by atoms with E-state index in [2.05, 4.69) is 38.0 Å². The van der Waals surface area contributed by atoms with Crippen LogP contribution in [0.25, 0.3) is 0 Å². The van der Waals surface area contributed by atoms with Crippen LogP contribution in [-0.4, -0.2) is 31.3 Å². The van der Waals surface area contributed by atoms with Crippen molar-refractivity contribution in [1.82, 2.24) is 5.32 Å². The number of ether oxygens (including phenoxy) is 1. The molecule has 0 aliphatic heterocycles. The molecule has 0 aromatic rings. The summed E-state index contributed by atoms with van der Waals surface area (Å²) >= 11 is 0. The fraction of sp³-hybridized carbons (Fsp3) is 0.929. The van der Waals surface area contributed by atoms with Crippen LogP contribution in [0.1, 0.15) is 53.4 Å². The number of halogens is 1. The molecule has 0 bridgehead atoms. The van der Waals surface area contributed by atoms with E-state index in [1.54, 1.807) is 0 Å². The number of nitrogens with two attached hydrogens (primary N) is 1. The van der Waals surface area contributed by atoms with Gasteiger partial charge in [-0.2, -0.15) is 0 Å². The van der Waals surface area contributed by atoms with Crippen LogP contribution in [0.15, 0.2) is 4.99 Å². The van der Waals surface area contributed by atoms with Crippen molar-refractivity contribution in [2.24, 2.45) is 16.1 Å². The van der Waals surface area contributed by atoms with E-state index < -0.39 is 0 Å². The van der Waals surface area contributed by atoms with Crippen molar-refractivity contribution < 1.29 is 4.74 Å². The first kappa shape index (κ1) is 19.0.